The molecule has 0 unspecified atom stereocenters. The molecule has 1 heterocycles. The molecule has 18 heavy (non-hydrogen) atoms. The molecule has 1 aliphatic heterocycles. The van der Waals surface area contributed by atoms with Gasteiger partial charge in [-0.2, -0.15) is 5.26 Å². The molecule has 0 spiro atoms. The fraction of sp³-hybridized carbons (Fsp3) is 0.417. The largest absolute Gasteiger partial charge is 0.495 e. The highest BCUT2D eigenvalue weighted by atomic mass is 19.2. The van der Waals surface area contributed by atoms with Crippen LogP contribution in [-0.4, -0.2) is 20.3 Å². The van der Waals surface area contributed by atoms with Crippen LogP contribution in [0.5, 0.6) is 0 Å². The lowest BCUT2D eigenvalue weighted by Crippen LogP contribution is -2.48. The zero-order valence-corrected chi connectivity index (χ0v) is 10.2. The molecule has 0 radical (unpaired) electrons. The summed E-state index contributed by atoms with van der Waals surface area (Å²) in [6, 6.07) is 3.63. The summed E-state index contributed by atoms with van der Waals surface area (Å²) in [5.74, 6) is -2.06. The molecule has 0 N–H and O–H groups in total. The van der Waals surface area contributed by atoms with Gasteiger partial charge < -0.3 is 9.31 Å². The van der Waals surface area contributed by atoms with E-state index in [0.717, 1.165) is 12.1 Å². The van der Waals surface area contributed by atoms with Crippen LogP contribution in [0, 0.1) is 28.4 Å². The van der Waals surface area contributed by atoms with Crippen LogP contribution in [0.2, 0.25) is 0 Å². The zero-order chi connectivity index (χ0) is 13.3. The summed E-state index contributed by atoms with van der Waals surface area (Å²) >= 11 is 0. The summed E-state index contributed by atoms with van der Waals surface area (Å²) < 4.78 is 37.1. The zero-order valence-electron chi connectivity index (χ0n) is 10.2. The molecule has 94 valence electrons. The topological polar surface area (TPSA) is 42.2 Å². The van der Waals surface area contributed by atoms with Gasteiger partial charge in [-0.15, -0.1) is 0 Å². The Morgan fingerprint density at radius 3 is 2.33 bits per heavy atom. The minimum absolute atomic E-state index is 0.0265. The first kappa shape index (κ1) is 13.0. The first-order valence-corrected chi connectivity index (χ1v) is 5.55. The van der Waals surface area contributed by atoms with Crippen LogP contribution < -0.4 is 5.46 Å². The summed E-state index contributed by atoms with van der Waals surface area (Å²) in [6.45, 7) is 4.81. The number of benzene rings is 1. The van der Waals surface area contributed by atoms with Crippen LogP contribution >= 0.6 is 0 Å². The third-order valence-electron chi connectivity index (χ3n) is 2.72. The van der Waals surface area contributed by atoms with Crippen molar-refractivity contribution < 1.29 is 18.1 Å². The second kappa shape index (κ2) is 4.67. The van der Waals surface area contributed by atoms with Gasteiger partial charge in [0.25, 0.3) is 0 Å². The van der Waals surface area contributed by atoms with E-state index in [4.69, 9.17) is 14.6 Å². The van der Waals surface area contributed by atoms with Crippen molar-refractivity contribution in [2.45, 2.75) is 13.8 Å². The standard InChI is InChI=1S/C12H12BF2NO2/c1-12(2)6-17-13(18-7-12)9-4-11(15)10(14)3-8(9)5-16/h3-4H,6-7H2,1-2H3. The van der Waals surface area contributed by atoms with Gasteiger partial charge in [0.15, 0.2) is 11.6 Å². The number of hydrogen-bond acceptors (Lipinski definition) is 3. The number of nitrogens with zero attached hydrogens (tertiary/aromatic N) is 1. The minimum atomic E-state index is -1.05. The third kappa shape index (κ3) is 2.52. The van der Waals surface area contributed by atoms with Gasteiger partial charge in [0.2, 0.25) is 0 Å². The third-order valence-corrected chi connectivity index (χ3v) is 2.72. The highest BCUT2D eigenvalue weighted by molar-refractivity contribution is 6.62. The maximum Gasteiger partial charge on any atom is 0.495 e. The van der Waals surface area contributed by atoms with Crippen LogP contribution in [0.25, 0.3) is 0 Å². The molecule has 0 atom stereocenters. The molecule has 0 saturated carbocycles. The van der Waals surface area contributed by atoms with Gasteiger partial charge in [-0.3, -0.25) is 0 Å². The quantitative estimate of drug-likeness (QED) is 0.712. The van der Waals surface area contributed by atoms with Crippen molar-refractivity contribution in [3.05, 3.63) is 29.3 Å². The van der Waals surface area contributed by atoms with Crippen LogP contribution in [0.1, 0.15) is 19.4 Å². The van der Waals surface area contributed by atoms with E-state index in [0.29, 0.717) is 13.2 Å². The average molecular weight is 251 g/mol. The van der Waals surface area contributed by atoms with Gasteiger partial charge in [-0.05, 0) is 12.1 Å². The molecular formula is C12H12BF2NO2. The van der Waals surface area contributed by atoms with E-state index in [1.165, 1.54) is 0 Å². The molecule has 3 nitrogen and oxygen atoms in total. The van der Waals surface area contributed by atoms with E-state index in [1.807, 2.05) is 19.9 Å². The lowest BCUT2D eigenvalue weighted by molar-refractivity contribution is 0.0342. The van der Waals surface area contributed by atoms with E-state index < -0.39 is 18.8 Å². The van der Waals surface area contributed by atoms with Crippen LogP contribution in [0.3, 0.4) is 0 Å². The molecule has 1 aliphatic rings. The first-order valence-electron chi connectivity index (χ1n) is 5.55. The summed E-state index contributed by atoms with van der Waals surface area (Å²) in [4.78, 5) is 0. The fourth-order valence-corrected chi connectivity index (χ4v) is 1.73. The Kier molecular flexibility index (Phi) is 3.37. The normalized spacial score (nSPS) is 18.5. The number of rotatable bonds is 1. The molecule has 1 saturated heterocycles. The number of hydrogen-bond donors (Lipinski definition) is 0. The smallest absolute Gasteiger partial charge is 0.407 e. The van der Waals surface area contributed by atoms with E-state index in [-0.39, 0.29) is 16.4 Å². The van der Waals surface area contributed by atoms with Gasteiger partial charge in [0, 0.05) is 24.1 Å². The van der Waals surface area contributed by atoms with Crippen LogP contribution in [-0.2, 0) is 9.31 Å². The van der Waals surface area contributed by atoms with Crippen molar-refractivity contribution in [3.8, 4) is 6.07 Å². The van der Waals surface area contributed by atoms with E-state index in [2.05, 4.69) is 0 Å². The second-order valence-corrected chi connectivity index (χ2v) is 5.08. The maximum absolute atomic E-state index is 13.2. The molecule has 2 rings (SSSR count). The molecule has 0 aliphatic carbocycles. The molecule has 1 fully saturated rings. The number of halogens is 2. The monoisotopic (exact) mass is 251 g/mol. The first-order chi connectivity index (χ1) is 8.43. The van der Waals surface area contributed by atoms with Gasteiger partial charge in [0.05, 0.1) is 11.6 Å². The molecule has 6 heteroatoms. The molecule has 0 bridgehead atoms. The van der Waals surface area contributed by atoms with Gasteiger partial charge in [-0.25, -0.2) is 8.78 Å². The van der Waals surface area contributed by atoms with Crippen LogP contribution in [0.4, 0.5) is 8.78 Å². The van der Waals surface area contributed by atoms with Gasteiger partial charge in [0.1, 0.15) is 0 Å². The van der Waals surface area contributed by atoms with Crippen molar-refractivity contribution in [2.75, 3.05) is 13.2 Å². The van der Waals surface area contributed by atoms with E-state index >= 15 is 0 Å². The summed E-state index contributed by atoms with van der Waals surface area (Å²) in [6.07, 6.45) is 0. The van der Waals surface area contributed by atoms with E-state index in [9.17, 15) is 8.78 Å². The second-order valence-electron chi connectivity index (χ2n) is 5.08. The SMILES string of the molecule is CC1(C)COB(c2cc(F)c(F)cc2C#N)OC1. The predicted molar refractivity (Wildman–Crippen MR) is 62.1 cm³/mol. The Morgan fingerprint density at radius 1 is 1.22 bits per heavy atom. The average Bonchev–Trinajstić information content (AvgIpc) is 2.32. The lowest BCUT2D eigenvalue weighted by atomic mass is 9.73. The molecule has 1 aromatic carbocycles. The van der Waals surface area contributed by atoms with Crippen LogP contribution in [0.15, 0.2) is 12.1 Å². The number of nitriles is 1. The molecular weight excluding hydrogens is 239 g/mol. The van der Waals surface area contributed by atoms with E-state index in [1.54, 1.807) is 0 Å². The Morgan fingerprint density at radius 2 is 1.78 bits per heavy atom. The van der Waals surface area contributed by atoms with Crippen molar-refractivity contribution >= 4 is 12.6 Å². The molecule has 0 aromatic heterocycles. The Balaban J connectivity index is 2.29. The molecule has 1 aromatic rings. The van der Waals surface area contributed by atoms with Crippen molar-refractivity contribution in [2.24, 2.45) is 5.41 Å². The Bertz CT molecular complexity index is 504. The van der Waals surface area contributed by atoms with Crippen molar-refractivity contribution in [1.82, 2.24) is 0 Å². The minimum Gasteiger partial charge on any atom is -0.407 e. The van der Waals surface area contributed by atoms with Crippen molar-refractivity contribution in [3.63, 3.8) is 0 Å². The fourth-order valence-electron chi connectivity index (χ4n) is 1.73. The lowest BCUT2D eigenvalue weighted by Gasteiger charge is -2.33. The maximum atomic E-state index is 13.2. The summed E-state index contributed by atoms with van der Waals surface area (Å²) in [7, 11) is -0.817. The highest BCUT2D eigenvalue weighted by Crippen LogP contribution is 2.22. The predicted octanol–water partition coefficient (Wildman–Crippen LogP) is 1.60. The summed E-state index contributed by atoms with van der Waals surface area (Å²) in [5.41, 5.74) is 0.132. The summed E-state index contributed by atoms with van der Waals surface area (Å²) in [5, 5.41) is 8.92. The molecule has 0 amide bonds. The highest BCUT2D eigenvalue weighted by Gasteiger charge is 2.35. The Hall–Kier alpha value is -1.45. The Labute approximate surface area is 104 Å². The van der Waals surface area contributed by atoms with Gasteiger partial charge in [-0.1, -0.05) is 13.8 Å². The van der Waals surface area contributed by atoms with Crippen molar-refractivity contribution in [1.29, 1.82) is 5.26 Å². The van der Waals surface area contributed by atoms with Gasteiger partial charge >= 0.3 is 7.12 Å².